The van der Waals surface area contributed by atoms with E-state index in [1.165, 1.54) is 11.3 Å². The minimum atomic E-state index is -0.0443. The van der Waals surface area contributed by atoms with Crippen LogP contribution in [0, 0.1) is 0 Å². The molecule has 0 amide bonds. The summed E-state index contributed by atoms with van der Waals surface area (Å²) in [5.41, 5.74) is -0.0443. The Bertz CT molecular complexity index is 870. The first-order valence-electron chi connectivity index (χ1n) is 5.92. The summed E-state index contributed by atoms with van der Waals surface area (Å²) in [5, 5.41) is 1.80. The molecule has 3 rings (SSSR count). The van der Waals surface area contributed by atoms with E-state index < -0.39 is 0 Å². The van der Waals surface area contributed by atoms with E-state index in [-0.39, 0.29) is 5.43 Å². The molecule has 3 aromatic rings. The molecule has 1 aromatic heterocycles. The van der Waals surface area contributed by atoms with Crippen LogP contribution in [-0.4, -0.2) is 14.2 Å². The third-order valence-corrected chi connectivity index (χ3v) is 4.51. The number of ether oxygens (including phenoxy) is 2. The topological polar surface area (TPSA) is 35.5 Å². The van der Waals surface area contributed by atoms with Gasteiger partial charge in [0.25, 0.3) is 0 Å². The van der Waals surface area contributed by atoms with Crippen molar-refractivity contribution in [3.63, 3.8) is 0 Å². The molecule has 0 atom stereocenters. The van der Waals surface area contributed by atoms with Crippen molar-refractivity contribution in [2.45, 2.75) is 0 Å². The van der Waals surface area contributed by atoms with Crippen molar-refractivity contribution in [1.82, 2.24) is 0 Å². The maximum absolute atomic E-state index is 12.6. The second kappa shape index (κ2) is 4.96. The first kappa shape index (κ1) is 13.2. The molecule has 2 aromatic carbocycles. The van der Waals surface area contributed by atoms with Gasteiger partial charge in [-0.2, -0.15) is 0 Å². The predicted octanol–water partition coefficient (Wildman–Crippen LogP) is 4.09. The molecule has 0 aliphatic heterocycles. The first-order chi connectivity index (χ1) is 9.63. The zero-order valence-electron chi connectivity index (χ0n) is 10.9. The van der Waals surface area contributed by atoms with Gasteiger partial charge in [0.2, 0.25) is 0 Å². The second-order valence-corrected chi connectivity index (χ2v) is 5.80. The maximum atomic E-state index is 12.6. The highest BCUT2D eigenvalue weighted by Crippen LogP contribution is 2.35. The molecular formula is C15H11ClO3S. The van der Waals surface area contributed by atoms with Crippen molar-refractivity contribution in [1.29, 1.82) is 0 Å². The molecule has 1 heterocycles. The Morgan fingerprint density at radius 1 is 0.950 bits per heavy atom. The van der Waals surface area contributed by atoms with Crippen LogP contribution in [0.2, 0.25) is 5.02 Å². The van der Waals surface area contributed by atoms with Crippen molar-refractivity contribution in [3.05, 3.63) is 45.6 Å². The standard InChI is InChI=1S/C15H11ClO3S/c1-18-11-6-10-14(7-12(11)19-2)20-13-4-3-8(16)5-9(13)15(10)17/h3-7H,1-2H3. The molecule has 0 fully saturated rings. The first-order valence-corrected chi connectivity index (χ1v) is 7.11. The van der Waals surface area contributed by atoms with Crippen LogP contribution in [0.4, 0.5) is 0 Å². The lowest BCUT2D eigenvalue weighted by Crippen LogP contribution is -2.02. The van der Waals surface area contributed by atoms with Crippen LogP contribution in [0.25, 0.3) is 20.2 Å². The summed E-state index contributed by atoms with van der Waals surface area (Å²) in [6.45, 7) is 0. The molecule has 0 bridgehead atoms. The van der Waals surface area contributed by atoms with Gasteiger partial charge in [-0.15, -0.1) is 11.3 Å². The van der Waals surface area contributed by atoms with E-state index in [2.05, 4.69) is 0 Å². The number of hydrogen-bond acceptors (Lipinski definition) is 4. The highest BCUT2D eigenvalue weighted by Gasteiger charge is 2.11. The molecule has 0 aliphatic rings. The van der Waals surface area contributed by atoms with Crippen LogP contribution in [-0.2, 0) is 0 Å². The second-order valence-electron chi connectivity index (χ2n) is 4.28. The van der Waals surface area contributed by atoms with Gasteiger partial charge in [-0.1, -0.05) is 11.6 Å². The molecule has 3 nitrogen and oxygen atoms in total. The van der Waals surface area contributed by atoms with Crippen LogP contribution in [0.3, 0.4) is 0 Å². The highest BCUT2D eigenvalue weighted by molar-refractivity contribution is 7.24. The Kier molecular flexibility index (Phi) is 3.28. The van der Waals surface area contributed by atoms with Crippen molar-refractivity contribution in [2.75, 3.05) is 14.2 Å². The van der Waals surface area contributed by atoms with Crippen LogP contribution in [0.1, 0.15) is 0 Å². The number of methoxy groups -OCH3 is 2. The van der Waals surface area contributed by atoms with E-state index in [1.807, 2.05) is 12.1 Å². The third-order valence-electron chi connectivity index (χ3n) is 3.14. The average Bonchev–Trinajstić information content (AvgIpc) is 2.47. The molecule has 5 heteroatoms. The third kappa shape index (κ3) is 2.01. The van der Waals surface area contributed by atoms with Gasteiger partial charge in [-0.25, -0.2) is 0 Å². The van der Waals surface area contributed by atoms with Gasteiger partial charge in [0.1, 0.15) is 0 Å². The predicted molar refractivity (Wildman–Crippen MR) is 83.7 cm³/mol. The molecule has 102 valence electrons. The highest BCUT2D eigenvalue weighted by atomic mass is 35.5. The Hall–Kier alpha value is -1.78. The summed E-state index contributed by atoms with van der Waals surface area (Å²) in [6, 6.07) is 8.89. The summed E-state index contributed by atoms with van der Waals surface area (Å²) in [6.07, 6.45) is 0. The summed E-state index contributed by atoms with van der Waals surface area (Å²) < 4.78 is 12.3. The van der Waals surface area contributed by atoms with Gasteiger partial charge >= 0.3 is 0 Å². The monoisotopic (exact) mass is 306 g/mol. The fraction of sp³-hybridized carbons (Fsp3) is 0.133. The number of benzene rings is 2. The lowest BCUT2D eigenvalue weighted by atomic mass is 10.1. The number of hydrogen-bond donors (Lipinski definition) is 0. The molecule has 0 saturated heterocycles. The minimum absolute atomic E-state index is 0.0443. The summed E-state index contributed by atoms with van der Waals surface area (Å²) in [7, 11) is 3.13. The van der Waals surface area contributed by atoms with Gasteiger partial charge in [-0.05, 0) is 24.3 Å². The fourth-order valence-electron chi connectivity index (χ4n) is 2.15. The lowest BCUT2D eigenvalue weighted by Gasteiger charge is -2.09. The quantitative estimate of drug-likeness (QED) is 0.669. The van der Waals surface area contributed by atoms with Gasteiger partial charge < -0.3 is 9.47 Å². The Balaban J connectivity index is 2.47. The van der Waals surface area contributed by atoms with Crippen LogP contribution in [0.15, 0.2) is 35.1 Å². The van der Waals surface area contributed by atoms with Gasteiger partial charge in [-0.3, -0.25) is 4.79 Å². The normalized spacial score (nSPS) is 10.9. The number of halogens is 1. The smallest absolute Gasteiger partial charge is 0.196 e. The van der Waals surface area contributed by atoms with E-state index in [0.717, 1.165) is 9.40 Å². The molecule has 0 N–H and O–H groups in total. The summed E-state index contributed by atoms with van der Waals surface area (Å²) >= 11 is 7.50. The largest absolute Gasteiger partial charge is 0.493 e. The Morgan fingerprint density at radius 3 is 2.30 bits per heavy atom. The number of fused-ring (bicyclic) bond motifs is 2. The zero-order chi connectivity index (χ0) is 14.3. The molecule has 0 aliphatic carbocycles. The Labute approximate surface area is 124 Å². The van der Waals surface area contributed by atoms with Crippen LogP contribution >= 0.6 is 22.9 Å². The van der Waals surface area contributed by atoms with Gasteiger partial charge in [0.05, 0.1) is 14.2 Å². The van der Waals surface area contributed by atoms with Gasteiger partial charge in [0, 0.05) is 31.3 Å². The zero-order valence-corrected chi connectivity index (χ0v) is 12.5. The van der Waals surface area contributed by atoms with E-state index in [1.54, 1.807) is 32.4 Å². The molecule has 0 saturated carbocycles. The maximum Gasteiger partial charge on any atom is 0.196 e. The molecule has 0 spiro atoms. The Morgan fingerprint density at radius 2 is 1.60 bits per heavy atom. The van der Waals surface area contributed by atoms with E-state index >= 15 is 0 Å². The minimum Gasteiger partial charge on any atom is -0.493 e. The van der Waals surface area contributed by atoms with E-state index in [9.17, 15) is 4.79 Å². The summed E-state index contributed by atoms with van der Waals surface area (Å²) in [5.74, 6) is 1.16. The van der Waals surface area contributed by atoms with Gasteiger partial charge in [0.15, 0.2) is 16.9 Å². The molecule has 0 unspecified atom stereocenters. The number of rotatable bonds is 2. The molecule has 20 heavy (non-hydrogen) atoms. The molecular weight excluding hydrogens is 296 g/mol. The summed E-state index contributed by atoms with van der Waals surface area (Å²) in [4.78, 5) is 12.6. The van der Waals surface area contributed by atoms with E-state index in [0.29, 0.717) is 27.3 Å². The van der Waals surface area contributed by atoms with Crippen LogP contribution < -0.4 is 14.9 Å². The van der Waals surface area contributed by atoms with Crippen molar-refractivity contribution in [3.8, 4) is 11.5 Å². The van der Waals surface area contributed by atoms with E-state index in [4.69, 9.17) is 21.1 Å². The van der Waals surface area contributed by atoms with Crippen molar-refractivity contribution < 1.29 is 9.47 Å². The van der Waals surface area contributed by atoms with Crippen molar-refractivity contribution >= 4 is 43.1 Å². The fourth-order valence-corrected chi connectivity index (χ4v) is 3.39. The average molecular weight is 307 g/mol. The SMILES string of the molecule is COc1cc2sc3ccc(Cl)cc3c(=O)c2cc1OC. The molecule has 0 radical (unpaired) electrons. The van der Waals surface area contributed by atoms with Crippen LogP contribution in [0.5, 0.6) is 11.5 Å². The van der Waals surface area contributed by atoms with Crippen molar-refractivity contribution in [2.24, 2.45) is 0 Å². The lowest BCUT2D eigenvalue weighted by molar-refractivity contribution is 0.356.